The van der Waals surface area contributed by atoms with Crippen LogP contribution in [0.2, 0.25) is 0 Å². The lowest BCUT2D eigenvalue weighted by molar-refractivity contribution is -0.114. The number of benzene rings is 4. The average Bonchev–Trinajstić information content (AvgIpc) is 2.91. The summed E-state index contributed by atoms with van der Waals surface area (Å²) in [5, 5.41) is 6.05. The third-order valence-electron chi connectivity index (χ3n) is 5.39. The van der Waals surface area contributed by atoms with Crippen molar-refractivity contribution in [3.63, 3.8) is 0 Å². The highest BCUT2D eigenvalue weighted by atomic mass is 16.5. The molecular weight excluding hydrogens is 436 g/mol. The summed E-state index contributed by atoms with van der Waals surface area (Å²) in [7, 11) is 0. The van der Waals surface area contributed by atoms with Crippen molar-refractivity contribution in [3.05, 3.63) is 120 Å². The highest BCUT2D eigenvalue weighted by Gasteiger charge is 2.04. The fourth-order valence-electron chi connectivity index (χ4n) is 3.57. The Morgan fingerprint density at radius 3 is 2.11 bits per heavy atom. The molecule has 5 nitrogen and oxygen atoms in total. The van der Waals surface area contributed by atoms with Gasteiger partial charge in [-0.3, -0.25) is 4.79 Å². The molecule has 35 heavy (non-hydrogen) atoms. The summed E-state index contributed by atoms with van der Waals surface area (Å²) in [5.41, 5.74) is 3.98. The van der Waals surface area contributed by atoms with Crippen molar-refractivity contribution in [1.82, 2.24) is 0 Å². The molecule has 4 aromatic rings. The fraction of sp³-hybridized carbons (Fsp3) is 0.167. The average molecular weight is 467 g/mol. The van der Waals surface area contributed by atoms with Crippen molar-refractivity contribution in [2.24, 2.45) is 0 Å². The molecule has 0 fully saturated rings. The van der Waals surface area contributed by atoms with E-state index in [1.54, 1.807) is 0 Å². The van der Waals surface area contributed by atoms with Gasteiger partial charge < -0.3 is 20.1 Å². The molecule has 0 unspecified atom stereocenters. The Balaban J connectivity index is 1.17. The second kappa shape index (κ2) is 12.8. The summed E-state index contributed by atoms with van der Waals surface area (Å²) in [6, 6.07) is 35.4. The SMILES string of the molecule is O=C(CNc1cccc(OCCCc2ccccc2)c1)Nc1ccc(OCc2ccccc2)cc1. The predicted octanol–water partition coefficient (Wildman–Crippen LogP) is 6.33. The smallest absolute Gasteiger partial charge is 0.243 e. The number of hydrogen-bond acceptors (Lipinski definition) is 4. The highest BCUT2D eigenvalue weighted by molar-refractivity contribution is 5.93. The van der Waals surface area contributed by atoms with Gasteiger partial charge in [-0.1, -0.05) is 66.7 Å². The largest absolute Gasteiger partial charge is 0.494 e. The van der Waals surface area contributed by atoms with E-state index in [1.165, 1.54) is 5.56 Å². The monoisotopic (exact) mass is 466 g/mol. The molecule has 0 bridgehead atoms. The van der Waals surface area contributed by atoms with Crippen LogP contribution in [0.25, 0.3) is 0 Å². The van der Waals surface area contributed by atoms with Gasteiger partial charge in [0, 0.05) is 17.4 Å². The number of amides is 1. The van der Waals surface area contributed by atoms with Crippen LogP contribution in [0.4, 0.5) is 11.4 Å². The van der Waals surface area contributed by atoms with E-state index < -0.39 is 0 Å². The standard InChI is InChI=1S/C30H30N2O3/c33-30(32-26-16-18-28(19-17-26)35-23-25-11-5-2-6-12-25)22-31-27-14-7-15-29(21-27)34-20-8-13-24-9-3-1-4-10-24/h1-7,9-12,14-19,21,31H,8,13,20,22-23H2,(H,32,33). The topological polar surface area (TPSA) is 59.6 Å². The van der Waals surface area contributed by atoms with E-state index in [9.17, 15) is 4.79 Å². The zero-order chi connectivity index (χ0) is 24.1. The molecule has 0 aliphatic carbocycles. The molecule has 0 aliphatic heterocycles. The van der Waals surface area contributed by atoms with Gasteiger partial charge in [0.25, 0.3) is 0 Å². The molecular formula is C30H30N2O3. The Hall–Kier alpha value is -4.25. The van der Waals surface area contributed by atoms with E-state index in [0.29, 0.717) is 13.2 Å². The number of anilines is 2. The Labute approximate surface area is 206 Å². The maximum Gasteiger partial charge on any atom is 0.243 e. The highest BCUT2D eigenvalue weighted by Crippen LogP contribution is 2.19. The molecule has 0 aliphatic rings. The van der Waals surface area contributed by atoms with Crippen LogP contribution < -0.4 is 20.1 Å². The number of ether oxygens (including phenoxy) is 2. The first-order chi connectivity index (χ1) is 17.2. The van der Waals surface area contributed by atoms with E-state index in [2.05, 4.69) is 34.9 Å². The Bertz CT molecular complexity index is 1180. The molecule has 0 radical (unpaired) electrons. The van der Waals surface area contributed by atoms with Crippen molar-refractivity contribution in [2.75, 3.05) is 23.8 Å². The number of carbonyl (C=O) groups is 1. The summed E-state index contributed by atoms with van der Waals surface area (Å²) in [5.74, 6) is 1.41. The first-order valence-corrected chi connectivity index (χ1v) is 11.8. The first-order valence-electron chi connectivity index (χ1n) is 11.8. The third kappa shape index (κ3) is 8.23. The van der Waals surface area contributed by atoms with Crippen LogP contribution in [0, 0.1) is 0 Å². The van der Waals surface area contributed by atoms with Gasteiger partial charge in [-0.05, 0) is 60.4 Å². The number of rotatable bonds is 12. The van der Waals surface area contributed by atoms with Crippen LogP contribution in [0.15, 0.2) is 109 Å². The van der Waals surface area contributed by atoms with E-state index >= 15 is 0 Å². The first kappa shape index (κ1) is 23.9. The molecule has 0 saturated carbocycles. The molecule has 0 atom stereocenters. The fourth-order valence-corrected chi connectivity index (χ4v) is 3.57. The van der Waals surface area contributed by atoms with E-state index in [-0.39, 0.29) is 12.5 Å². The molecule has 0 saturated heterocycles. The van der Waals surface area contributed by atoms with Crippen molar-refractivity contribution in [3.8, 4) is 11.5 Å². The summed E-state index contributed by atoms with van der Waals surface area (Å²) in [6.45, 7) is 1.31. The molecule has 0 aromatic heterocycles. The number of aryl methyl sites for hydroxylation is 1. The van der Waals surface area contributed by atoms with Gasteiger partial charge in [0.15, 0.2) is 0 Å². The summed E-state index contributed by atoms with van der Waals surface area (Å²) in [6.07, 6.45) is 1.93. The lowest BCUT2D eigenvalue weighted by Crippen LogP contribution is -2.21. The molecule has 4 rings (SSSR count). The summed E-state index contributed by atoms with van der Waals surface area (Å²) in [4.78, 5) is 12.4. The maximum absolute atomic E-state index is 12.4. The quantitative estimate of drug-likeness (QED) is 0.240. The van der Waals surface area contributed by atoms with Gasteiger partial charge in [0.2, 0.25) is 5.91 Å². The van der Waals surface area contributed by atoms with Gasteiger partial charge in [-0.15, -0.1) is 0 Å². The van der Waals surface area contributed by atoms with Gasteiger partial charge in [-0.2, -0.15) is 0 Å². The Morgan fingerprint density at radius 1 is 0.657 bits per heavy atom. The van der Waals surface area contributed by atoms with Crippen LogP contribution in [0.3, 0.4) is 0 Å². The molecule has 2 N–H and O–H groups in total. The van der Waals surface area contributed by atoms with Crippen LogP contribution in [-0.2, 0) is 17.8 Å². The van der Waals surface area contributed by atoms with E-state index in [0.717, 1.165) is 41.3 Å². The second-order valence-corrected chi connectivity index (χ2v) is 8.17. The minimum Gasteiger partial charge on any atom is -0.494 e. The van der Waals surface area contributed by atoms with Gasteiger partial charge in [0.05, 0.1) is 13.2 Å². The van der Waals surface area contributed by atoms with Crippen LogP contribution >= 0.6 is 0 Å². The molecule has 0 heterocycles. The predicted molar refractivity (Wildman–Crippen MR) is 141 cm³/mol. The number of nitrogens with one attached hydrogen (secondary N) is 2. The van der Waals surface area contributed by atoms with Crippen LogP contribution in [0.5, 0.6) is 11.5 Å². The third-order valence-corrected chi connectivity index (χ3v) is 5.39. The van der Waals surface area contributed by atoms with E-state index in [1.807, 2.05) is 84.9 Å². The van der Waals surface area contributed by atoms with Crippen molar-refractivity contribution in [2.45, 2.75) is 19.4 Å². The lowest BCUT2D eigenvalue weighted by Gasteiger charge is -2.11. The minimum atomic E-state index is -0.128. The Kier molecular flexibility index (Phi) is 8.77. The second-order valence-electron chi connectivity index (χ2n) is 8.17. The molecule has 1 amide bonds. The molecule has 5 heteroatoms. The zero-order valence-corrected chi connectivity index (χ0v) is 19.7. The Morgan fingerprint density at radius 2 is 1.37 bits per heavy atom. The number of carbonyl (C=O) groups excluding carboxylic acids is 1. The summed E-state index contributed by atoms with van der Waals surface area (Å²) < 4.78 is 11.7. The zero-order valence-electron chi connectivity index (χ0n) is 19.7. The summed E-state index contributed by atoms with van der Waals surface area (Å²) >= 11 is 0. The van der Waals surface area contributed by atoms with Crippen molar-refractivity contribution < 1.29 is 14.3 Å². The van der Waals surface area contributed by atoms with Crippen molar-refractivity contribution in [1.29, 1.82) is 0 Å². The maximum atomic E-state index is 12.4. The van der Waals surface area contributed by atoms with Crippen molar-refractivity contribution >= 4 is 17.3 Å². The molecule has 178 valence electrons. The molecule has 4 aromatic carbocycles. The minimum absolute atomic E-state index is 0.128. The number of hydrogen-bond donors (Lipinski definition) is 2. The van der Waals surface area contributed by atoms with Gasteiger partial charge in [0.1, 0.15) is 18.1 Å². The lowest BCUT2D eigenvalue weighted by atomic mass is 10.1. The van der Waals surface area contributed by atoms with Crippen LogP contribution in [0.1, 0.15) is 17.5 Å². The van der Waals surface area contributed by atoms with Gasteiger partial charge in [-0.25, -0.2) is 0 Å². The normalized spacial score (nSPS) is 10.4. The van der Waals surface area contributed by atoms with Crippen LogP contribution in [-0.4, -0.2) is 19.1 Å². The van der Waals surface area contributed by atoms with Gasteiger partial charge >= 0.3 is 0 Å². The molecule has 0 spiro atoms. The van der Waals surface area contributed by atoms with E-state index in [4.69, 9.17) is 9.47 Å².